The summed E-state index contributed by atoms with van der Waals surface area (Å²) in [6, 6.07) is 7.48. The Hall–Kier alpha value is -3.29. The fourth-order valence-corrected chi connectivity index (χ4v) is 2.82. The molecule has 29 heavy (non-hydrogen) atoms. The van der Waals surface area contributed by atoms with Crippen LogP contribution < -0.4 is 5.32 Å². The van der Waals surface area contributed by atoms with Crippen LogP contribution in [0.3, 0.4) is 0 Å². The number of allylic oxidation sites excluding steroid dienone is 3. The van der Waals surface area contributed by atoms with Gasteiger partial charge in [0.25, 0.3) is 0 Å². The van der Waals surface area contributed by atoms with Gasteiger partial charge in [0.2, 0.25) is 11.2 Å². The molecule has 7 heteroatoms. The minimum Gasteiger partial charge on any atom is -0.501 e. The summed E-state index contributed by atoms with van der Waals surface area (Å²) < 4.78 is 5.19. The highest BCUT2D eigenvalue weighted by Gasteiger charge is 2.23. The lowest BCUT2D eigenvalue weighted by atomic mass is 10.1. The van der Waals surface area contributed by atoms with Crippen LogP contribution in [0, 0.1) is 17.2 Å². The third kappa shape index (κ3) is 6.99. The summed E-state index contributed by atoms with van der Waals surface area (Å²) in [5.74, 6) is 6.23. The molecule has 152 valence electrons. The first kappa shape index (κ1) is 22.0. The number of aliphatic hydroxyl groups excluding tert-OH is 1. The first-order chi connectivity index (χ1) is 13.9. The monoisotopic (exact) mass is 395 g/mol. The number of ether oxygens (including phenoxy) is 1. The molecule has 2 rings (SSSR count). The Balaban J connectivity index is 1.95. The molecule has 0 saturated carbocycles. The highest BCUT2D eigenvalue weighted by atomic mass is 16.5. The van der Waals surface area contributed by atoms with Crippen molar-refractivity contribution < 1.29 is 14.6 Å². The van der Waals surface area contributed by atoms with Gasteiger partial charge in [-0.1, -0.05) is 24.0 Å². The van der Waals surface area contributed by atoms with Gasteiger partial charge in [0.15, 0.2) is 4.98 Å². The third-order valence-corrected chi connectivity index (χ3v) is 4.51. The number of amides is 1. The van der Waals surface area contributed by atoms with E-state index >= 15 is 0 Å². The van der Waals surface area contributed by atoms with Crippen LogP contribution in [0.2, 0.25) is 0 Å². The maximum absolute atomic E-state index is 11.6. The van der Waals surface area contributed by atoms with Gasteiger partial charge in [-0.05, 0) is 51.1 Å². The summed E-state index contributed by atoms with van der Waals surface area (Å²) in [5.41, 5.74) is 3.51. The summed E-state index contributed by atoms with van der Waals surface area (Å²) in [6.07, 6.45) is 1.99. The maximum atomic E-state index is 11.6. The number of diazo groups is 1. The Labute approximate surface area is 171 Å². The predicted octanol–water partition coefficient (Wildman–Crippen LogP) is 3.95. The molecule has 0 heterocycles. The lowest BCUT2D eigenvalue weighted by Gasteiger charge is -2.10. The van der Waals surface area contributed by atoms with Crippen molar-refractivity contribution in [1.82, 2.24) is 10.2 Å². The van der Waals surface area contributed by atoms with E-state index in [-0.39, 0.29) is 18.1 Å². The van der Waals surface area contributed by atoms with Crippen LogP contribution in [0.15, 0.2) is 46.9 Å². The average molecular weight is 395 g/mol. The molecule has 0 fully saturated rings. The van der Waals surface area contributed by atoms with Crippen LogP contribution >= 0.6 is 0 Å². The third-order valence-electron chi connectivity index (χ3n) is 4.51. The normalized spacial score (nSPS) is 14.0. The first-order valence-corrected chi connectivity index (χ1v) is 9.54. The molecule has 1 aromatic rings. The van der Waals surface area contributed by atoms with E-state index in [9.17, 15) is 9.90 Å². The molecule has 0 aliphatic heterocycles. The van der Waals surface area contributed by atoms with Crippen molar-refractivity contribution in [3.63, 3.8) is 0 Å². The zero-order valence-electron chi connectivity index (χ0n) is 17.2. The van der Waals surface area contributed by atoms with Crippen molar-refractivity contribution in [3.8, 4) is 11.8 Å². The van der Waals surface area contributed by atoms with Crippen LogP contribution in [0.4, 0.5) is 4.79 Å². The second-order valence-electron chi connectivity index (χ2n) is 7.10. The number of carbonyl (C=O) groups excluding carboxylic acids is 1. The van der Waals surface area contributed by atoms with Crippen molar-refractivity contribution >= 4 is 6.09 Å². The zero-order chi connectivity index (χ0) is 21.2. The van der Waals surface area contributed by atoms with E-state index in [0.29, 0.717) is 6.54 Å². The average Bonchev–Trinajstić information content (AvgIpc) is 3.18. The molecule has 7 nitrogen and oxygen atoms in total. The molecule has 2 N–H and O–H groups in total. The van der Waals surface area contributed by atoms with E-state index in [1.807, 2.05) is 43.3 Å². The first-order valence-electron chi connectivity index (χ1n) is 9.54. The van der Waals surface area contributed by atoms with E-state index in [1.54, 1.807) is 6.92 Å². The van der Waals surface area contributed by atoms with E-state index in [0.717, 1.165) is 48.1 Å². The molecule has 0 radical (unpaired) electrons. The number of alkyl carbamates (subject to hydrolysis) is 1. The highest BCUT2D eigenvalue weighted by molar-refractivity contribution is 5.67. The van der Waals surface area contributed by atoms with Gasteiger partial charge in [0, 0.05) is 36.7 Å². The molecule has 1 aliphatic rings. The number of aliphatic hydroxyl groups is 1. The fraction of sp³-hybridized carbons (Fsp3) is 0.409. The summed E-state index contributed by atoms with van der Waals surface area (Å²) in [7, 11) is 3.87. The van der Waals surface area contributed by atoms with E-state index < -0.39 is 6.09 Å². The second-order valence-corrected chi connectivity index (χ2v) is 7.10. The number of carbonyl (C=O) groups is 1. The minimum atomic E-state index is -0.436. The summed E-state index contributed by atoms with van der Waals surface area (Å²) >= 11 is 0. The Morgan fingerprint density at radius 3 is 2.66 bits per heavy atom. The number of nitrogens with one attached hydrogen (secondary N) is 1. The number of hydrogen-bond donors (Lipinski definition) is 2. The van der Waals surface area contributed by atoms with Gasteiger partial charge in [0.05, 0.1) is 0 Å². The van der Waals surface area contributed by atoms with Gasteiger partial charge in [-0.2, -0.15) is 0 Å². The van der Waals surface area contributed by atoms with Crippen LogP contribution in [0.25, 0.3) is 4.98 Å². The van der Waals surface area contributed by atoms with Crippen molar-refractivity contribution in [3.05, 3.63) is 63.0 Å². The number of benzene rings is 1. The molecule has 1 amide bonds. The van der Waals surface area contributed by atoms with Crippen LogP contribution in [-0.2, 0) is 11.3 Å². The van der Waals surface area contributed by atoms with Crippen LogP contribution in [0.1, 0.15) is 37.3 Å². The molecule has 0 bridgehead atoms. The molecular weight excluding hydrogens is 368 g/mol. The maximum Gasteiger partial charge on any atom is 0.407 e. The Bertz CT molecular complexity index is 897. The van der Waals surface area contributed by atoms with Crippen molar-refractivity contribution in [2.45, 2.75) is 32.8 Å². The molecule has 0 aromatic heterocycles. The minimum absolute atomic E-state index is 0.00524. The smallest absolute Gasteiger partial charge is 0.407 e. The molecule has 0 spiro atoms. The molecule has 1 aromatic carbocycles. The van der Waals surface area contributed by atoms with Crippen LogP contribution in [-0.4, -0.2) is 43.3 Å². The van der Waals surface area contributed by atoms with Gasteiger partial charge < -0.3 is 20.1 Å². The highest BCUT2D eigenvalue weighted by Crippen LogP contribution is 2.31. The zero-order valence-corrected chi connectivity index (χ0v) is 17.2. The summed E-state index contributed by atoms with van der Waals surface area (Å²) in [6.45, 7) is 3.03. The molecule has 0 unspecified atom stereocenters. The fourth-order valence-electron chi connectivity index (χ4n) is 2.82. The van der Waals surface area contributed by atoms with Gasteiger partial charge in [-0.15, -0.1) is 0 Å². The SMILES string of the molecule is C/C([N+]#N)=C(/O)C1=C(C#Cc2ccc(COC(=O)NCCN(C)C)cc2)CCC1. The predicted molar refractivity (Wildman–Crippen MR) is 111 cm³/mol. The van der Waals surface area contributed by atoms with Gasteiger partial charge >= 0.3 is 11.8 Å². The Morgan fingerprint density at radius 1 is 1.28 bits per heavy atom. The lowest BCUT2D eigenvalue weighted by Crippen LogP contribution is -2.31. The van der Waals surface area contributed by atoms with Crippen LogP contribution in [0.5, 0.6) is 0 Å². The quantitative estimate of drug-likeness (QED) is 0.432. The number of likely N-dealkylation sites (N-methyl/N-ethyl adjacent to an activating group) is 1. The molecule has 1 aliphatic carbocycles. The number of rotatable bonds is 6. The van der Waals surface area contributed by atoms with Gasteiger partial charge in [-0.3, -0.25) is 0 Å². The van der Waals surface area contributed by atoms with Crippen molar-refractivity contribution in [2.24, 2.45) is 0 Å². The molecule has 0 saturated heterocycles. The van der Waals surface area contributed by atoms with E-state index in [2.05, 4.69) is 22.1 Å². The second kappa shape index (κ2) is 10.9. The van der Waals surface area contributed by atoms with E-state index in [1.165, 1.54) is 0 Å². The Kier molecular flexibility index (Phi) is 8.27. The topological polar surface area (TPSA) is 90.0 Å². The summed E-state index contributed by atoms with van der Waals surface area (Å²) in [4.78, 5) is 16.7. The molecular formula is C22H27N4O3+. The van der Waals surface area contributed by atoms with Crippen molar-refractivity contribution in [2.75, 3.05) is 27.2 Å². The standard InChI is InChI=1S/C22H26N4O3/c1-16(25-23)21(27)20-6-4-5-19(20)12-11-17-7-9-18(10-8-17)15-29-22(28)24-13-14-26(2)3/h7-10H,4-6,13-15H2,1-3H3,(H-,24,27,28)/p+1/b21-16-. The largest absolute Gasteiger partial charge is 0.501 e. The Morgan fingerprint density at radius 2 is 2.00 bits per heavy atom. The molecule has 0 atom stereocenters. The lowest BCUT2D eigenvalue weighted by molar-refractivity contribution is 0.139. The van der Waals surface area contributed by atoms with Gasteiger partial charge in [0.1, 0.15) is 6.61 Å². The van der Waals surface area contributed by atoms with Crippen molar-refractivity contribution in [1.29, 1.82) is 5.39 Å². The summed E-state index contributed by atoms with van der Waals surface area (Å²) in [5, 5.41) is 21.7. The number of nitrogens with zero attached hydrogens (tertiary/aromatic N) is 3. The van der Waals surface area contributed by atoms with Gasteiger partial charge in [-0.25, -0.2) is 4.79 Å². The number of hydrogen-bond acceptors (Lipinski definition) is 5. The van der Waals surface area contributed by atoms with E-state index in [4.69, 9.17) is 10.1 Å².